The molecule has 0 aliphatic carbocycles. The summed E-state index contributed by atoms with van der Waals surface area (Å²) in [5.41, 5.74) is -0.448. The Hall–Kier alpha value is -1.30. The lowest BCUT2D eigenvalue weighted by Gasteiger charge is -2.40. The third-order valence-electron chi connectivity index (χ3n) is 3.51. The van der Waals surface area contributed by atoms with Crippen molar-refractivity contribution in [3.63, 3.8) is 0 Å². The first-order valence-electron chi connectivity index (χ1n) is 7.02. The number of methoxy groups -OCH3 is 1. The van der Waals surface area contributed by atoms with Crippen molar-refractivity contribution in [1.29, 1.82) is 0 Å². The molecule has 0 aromatic carbocycles. The van der Waals surface area contributed by atoms with E-state index in [0.717, 1.165) is 6.42 Å². The zero-order valence-corrected chi connectivity index (χ0v) is 12.8. The molecule has 2 atom stereocenters. The zero-order valence-electron chi connectivity index (χ0n) is 12.8. The van der Waals surface area contributed by atoms with Gasteiger partial charge in [0.25, 0.3) is 0 Å². The minimum atomic E-state index is -0.484. The normalized spacial score (nSPS) is 23.4. The van der Waals surface area contributed by atoms with Crippen LogP contribution in [0.5, 0.6) is 0 Å². The van der Waals surface area contributed by atoms with E-state index in [1.807, 2.05) is 20.8 Å². The number of hydrogen-bond acceptors (Lipinski definition) is 4. The summed E-state index contributed by atoms with van der Waals surface area (Å²) in [7, 11) is 1.32. The van der Waals surface area contributed by atoms with Gasteiger partial charge < -0.3 is 20.1 Å². The number of piperidine rings is 1. The Morgan fingerprint density at radius 3 is 2.50 bits per heavy atom. The summed E-state index contributed by atoms with van der Waals surface area (Å²) in [4.78, 5) is 25.5. The molecule has 6 nitrogen and oxygen atoms in total. The van der Waals surface area contributed by atoms with Crippen LogP contribution in [-0.4, -0.2) is 54.9 Å². The second-order valence-corrected chi connectivity index (χ2v) is 6.41. The molecule has 0 aromatic heterocycles. The lowest BCUT2D eigenvalue weighted by atomic mass is 9.88. The fraction of sp³-hybridized carbons (Fsp3) is 0.857. The Morgan fingerprint density at radius 1 is 1.35 bits per heavy atom. The van der Waals surface area contributed by atoms with Crippen LogP contribution in [0.2, 0.25) is 0 Å². The molecule has 2 unspecified atom stereocenters. The first-order chi connectivity index (χ1) is 9.27. The topological polar surface area (TPSA) is 78.9 Å². The fourth-order valence-electron chi connectivity index (χ4n) is 2.57. The lowest BCUT2D eigenvalue weighted by molar-refractivity contribution is -0.142. The first kappa shape index (κ1) is 16.8. The van der Waals surface area contributed by atoms with E-state index in [2.05, 4.69) is 10.1 Å². The Morgan fingerprint density at radius 2 is 2.00 bits per heavy atom. The van der Waals surface area contributed by atoms with E-state index >= 15 is 0 Å². The zero-order chi connectivity index (χ0) is 15.3. The predicted octanol–water partition coefficient (Wildman–Crippen LogP) is 0.988. The minimum Gasteiger partial charge on any atom is -0.453 e. The summed E-state index contributed by atoms with van der Waals surface area (Å²) in [5.74, 6) is 0.263. The van der Waals surface area contributed by atoms with Gasteiger partial charge >= 0.3 is 6.09 Å². The molecule has 2 amide bonds. The van der Waals surface area contributed by atoms with E-state index in [-0.39, 0.29) is 24.5 Å². The lowest BCUT2D eigenvalue weighted by Crippen LogP contribution is -2.54. The molecular formula is C14H26N2O4. The van der Waals surface area contributed by atoms with Crippen molar-refractivity contribution >= 4 is 12.0 Å². The SMILES string of the molecule is COC(=O)NC1CC(CCO)CN(C(=O)C(C)(C)C)C1. The predicted molar refractivity (Wildman–Crippen MR) is 75.2 cm³/mol. The molecule has 1 heterocycles. The number of amides is 2. The number of likely N-dealkylation sites (tertiary alicyclic amines) is 1. The molecule has 1 saturated heterocycles. The van der Waals surface area contributed by atoms with E-state index in [1.165, 1.54) is 7.11 Å². The van der Waals surface area contributed by atoms with E-state index in [0.29, 0.717) is 19.5 Å². The van der Waals surface area contributed by atoms with Crippen molar-refractivity contribution in [2.45, 2.75) is 39.7 Å². The summed E-state index contributed by atoms with van der Waals surface area (Å²) in [6.07, 6.45) is 0.902. The second-order valence-electron chi connectivity index (χ2n) is 6.41. The highest BCUT2D eigenvalue weighted by Gasteiger charge is 2.35. The van der Waals surface area contributed by atoms with Gasteiger partial charge in [-0.25, -0.2) is 4.79 Å². The fourth-order valence-corrected chi connectivity index (χ4v) is 2.57. The molecule has 6 heteroatoms. The molecule has 0 bridgehead atoms. The van der Waals surface area contributed by atoms with Gasteiger partial charge in [0.2, 0.25) is 5.91 Å². The second kappa shape index (κ2) is 6.92. The van der Waals surface area contributed by atoms with Gasteiger partial charge in [-0.15, -0.1) is 0 Å². The monoisotopic (exact) mass is 286 g/mol. The van der Waals surface area contributed by atoms with Crippen molar-refractivity contribution in [1.82, 2.24) is 10.2 Å². The van der Waals surface area contributed by atoms with E-state index in [1.54, 1.807) is 4.90 Å². The average Bonchev–Trinajstić information content (AvgIpc) is 2.36. The van der Waals surface area contributed by atoms with Gasteiger partial charge in [-0.1, -0.05) is 20.8 Å². The summed E-state index contributed by atoms with van der Waals surface area (Å²) in [6, 6.07) is -0.126. The molecule has 2 N–H and O–H groups in total. The molecule has 0 spiro atoms. The van der Waals surface area contributed by atoms with Crippen molar-refractivity contribution in [2.24, 2.45) is 11.3 Å². The maximum absolute atomic E-state index is 12.4. The van der Waals surface area contributed by atoms with Crippen LogP contribution in [0.4, 0.5) is 4.79 Å². The number of nitrogens with zero attached hydrogens (tertiary/aromatic N) is 1. The smallest absolute Gasteiger partial charge is 0.407 e. The number of aliphatic hydroxyl groups is 1. The number of carbonyl (C=O) groups is 2. The molecule has 0 aromatic rings. The van der Waals surface area contributed by atoms with Crippen LogP contribution in [0.25, 0.3) is 0 Å². The third-order valence-corrected chi connectivity index (χ3v) is 3.51. The van der Waals surface area contributed by atoms with Gasteiger partial charge in [-0.3, -0.25) is 4.79 Å². The Bertz CT molecular complexity index is 352. The van der Waals surface area contributed by atoms with Crippen molar-refractivity contribution in [2.75, 3.05) is 26.8 Å². The molecule has 0 radical (unpaired) electrons. The number of carbonyl (C=O) groups excluding carboxylic acids is 2. The average molecular weight is 286 g/mol. The maximum atomic E-state index is 12.4. The summed E-state index contributed by atoms with van der Waals surface area (Å²) in [5, 5.41) is 11.9. The van der Waals surface area contributed by atoms with Crippen LogP contribution in [0.3, 0.4) is 0 Å². The van der Waals surface area contributed by atoms with Gasteiger partial charge in [0, 0.05) is 25.1 Å². The van der Waals surface area contributed by atoms with Gasteiger partial charge in [0.05, 0.1) is 13.2 Å². The first-order valence-corrected chi connectivity index (χ1v) is 7.02. The minimum absolute atomic E-state index is 0.0665. The standard InChI is InChI=1S/C14H26N2O4/c1-14(2,3)12(18)16-8-10(5-6-17)7-11(9-16)15-13(19)20-4/h10-11,17H,5-9H2,1-4H3,(H,15,19). The molecule has 20 heavy (non-hydrogen) atoms. The Balaban J connectivity index is 2.75. The van der Waals surface area contributed by atoms with Crippen LogP contribution >= 0.6 is 0 Å². The Labute approximate surface area is 120 Å². The van der Waals surface area contributed by atoms with Crippen molar-refractivity contribution < 1.29 is 19.4 Å². The largest absolute Gasteiger partial charge is 0.453 e. The Kier molecular flexibility index (Phi) is 5.80. The number of rotatable bonds is 3. The van der Waals surface area contributed by atoms with Gasteiger partial charge in [0.15, 0.2) is 0 Å². The quantitative estimate of drug-likeness (QED) is 0.811. The van der Waals surface area contributed by atoms with E-state index < -0.39 is 11.5 Å². The van der Waals surface area contributed by atoms with E-state index in [4.69, 9.17) is 5.11 Å². The molecule has 1 aliphatic heterocycles. The molecular weight excluding hydrogens is 260 g/mol. The van der Waals surface area contributed by atoms with Crippen LogP contribution in [-0.2, 0) is 9.53 Å². The van der Waals surface area contributed by atoms with E-state index in [9.17, 15) is 9.59 Å². The molecule has 0 saturated carbocycles. The third kappa shape index (κ3) is 4.67. The number of ether oxygens (including phenoxy) is 1. The summed E-state index contributed by atoms with van der Waals surface area (Å²) < 4.78 is 4.61. The van der Waals surface area contributed by atoms with Gasteiger partial charge in [-0.05, 0) is 18.8 Å². The van der Waals surface area contributed by atoms with Gasteiger partial charge in [-0.2, -0.15) is 0 Å². The van der Waals surface area contributed by atoms with Crippen molar-refractivity contribution in [3.8, 4) is 0 Å². The van der Waals surface area contributed by atoms with Crippen LogP contribution < -0.4 is 5.32 Å². The molecule has 1 rings (SSSR count). The highest BCUT2D eigenvalue weighted by atomic mass is 16.5. The number of nitrogens with one attached hydrogen (secondary N) is 1. The van der Waals surface area contributed by atoms with Crippen LogP contribution in [0.15, 0.2) is 0 Å². The van der Waals surface area contributed by atoms with Gasteiger partial charge in [0.1, 0.15) is 0 Å². The number of alkyl carbamates (subject to hydrolysis) is 1. The van der Waals surface area contributed by atoms with Crippen LogP contribution in [0.1, 0.15) is 33.6 Å². The highest BCUT2D eigenvalue weighted by Crippen LogP contribution is 2.25. The van der Waals surface area contributed by atoms with Crippen molar-refractivity contribution in [3.05, 3.63) is 0 Å². The maximum Gasteiger partial charge on any atom is 0.407 e. The molecule has 1 fully saturated rings. The summed E-state index contributed by atoms with van der Waals surface area (Å²) in [6.45, 7) is 6.87. The highest BCUT2D eigenvalue weighted by molar-refractivity contribution is 5.81. The molecule has 116 valence electrons. The van der Waals surface area contributed by atoms with Crippen LogP contribution in [0, 0.1) is 11.3 Å². The number of hydrogen-bond donors (Lipinski definition) is 2. The summed E-state index contributed by atoms with van der Waals surface area (Å²) >= 11 is 0. The number of aliphatic hydroxyl groups excluding tert-OH is 1. The molecule has 1 aliphatic rings.